The van der Waals surface area contributed by atoms with Crippen molar-refractivity contribution in [1.82, 2.24) is 6.15 Å². The highest BCUT2D eigenvalue weighted by Gasteiger charge is 1.64. The van der Waals surface area contributed by atoms with Crippen LogP contribution in [0.1, 0.15) is 20.8 Å². The summed E-state index contributed by atoms with van der Waals surface area (Å²) in [5.74, 6) is 0. The lowest BCUT2D eigenvalue weighted by molar-refractivity contribution is 0.162. The highest BCUT2D eigenvalue weighted by atomic mass is 16.5. The van der Waals surface area contributed by atoms with Gasteiger partial charge < -0.3 is 16.0 Å². The van der Waals surface area contributed by atoms with Gasteiger partial charge in [-0.25, -0.2) is 0 Å². The molecule has 4 N–H and O–H groups in total. The topological polar surface area (TPSA) is 64.5 Å². The quantitative estimate of drug-likeness (QED) is 0.601. The standard InChI is InChI=1S/C4H10O.C2H6O.H3N/c1-3-5-4-2;1-2-3;/h3-4H2,1-2H3;3H,2H2,1H3;1H3. The van der Waals surface area contributed by atoms with Crippen LogP contribution in [0.15, 0.2) is 0 Å². The van der Waals surface area contributed by atoms with E-state index in [2.05, 4.69) is 0 Å². The first kappa shape index (κ1) is 15.9. The molecule has 0 aliphatic carbocycles. The maximum absolute atomic E-state index is 7.57. The van der Waals surface area contributed by atoms with Crippen molar-refractivity contribution in [3.05, 3.63) is 0 Å². The van der Waals surface area contributed by atoms with Crippen molar-refractivity contribution < 1.29 is 9.84 Å². The first-order valence-electron chi connectivity index (χ1n) is 3.01. The van der Waals surface area contributed by atoms with E-state index in [1.807, 2.05) is 13.8 Å². The van der Waals surface area contributed by atoms with E-state index in [9.17, 15) is 0 Å². The lowest BCUT2D eigenvalue weighted by Gasteiger charge is -1.86. The second-order valence-corrected chi connectivity index (χ2v) is 1.10. The van der Waals surface area contributed by atoms with Gasteiger partial charge in [-0.3, -0.25) is 0 Å². The molecular weight excluding hydrogens is 118 g/mol. The summed E-state index contributed by atoms with van der Waals surface area (Å²) in [6.45, 7) is 7.60. The van der Waals surface area contributed by atoms with Crippen LogP contribution in [-0.4, -0.2) is 24.9 Å². The second-order valence-electron chi connectivity index (χ2n) is 1.10. The fourth-order valence-electron chi connectivity index (χ4n) is 0.204. The van der Waals surface area contributed by atoms with E-state index in [0.29, 0.717) is 0 Å². The minimum atomic E-state index is 0. The fourth-order valence-corrected chi connectivity index (χ4v) is 0.204. The highest BCUT2D eigenvalue weighted by Crippen LogP contribution is 1.64. The van der Waals surface area contributed by atoms with Gasteiger partial charge in [-0.2, -0.15) is 0 Å². The maximum Gasteiger partial charge on any atom is 0.0437 e. The third-order valence-corrected chi connectivity index (χ3v) is 0.408. The molecule has 0 aromatic rings. The number of hydrogen-bond acceptors (Lipinski definition) is 3. The molecule has 0 saturated carbocycles. The van der Waals surface area contributed by atoms with Crippen molar-refractivity contribution >= 4 is 0 Å². The van der Waals surface area contributed by atoms with Crippen LogP contribution in [0, 0.1) is 0 Å². The monoisotopic (exact) mass is 137 g/mol. The molecule has 0 aromatic carbocycles. The molecule has 0 aromatic heterocycles. The lowest BCUT2D eigenvalue weighted by atomic mass is 10.8. The molecule has 0 amide bonds. The molecule has 0 bridgehead atoms. The third kappa shape index (κ3) is 77.1. The zero-order chi connectivity index (χ0) is 6.83. The molecule has 0 spiro atoms. The maximum atomic E-state index is 7.57. The first-order valence-corrected chi connectivity index (χ1v) is 3.01. The van der Waals surface area contributed by atoms with E-state index in [1.54, 1.807) is 6.92 Å². The Bertz CT molecular complexity index is 25.0. The molecule has 0 fully saturated rings. The number of rotatable bonds is 2. The van der Waals surface area contributed by atoms with E-state index in [1.165, 1.54) is 0 Å². The summed E-state index contributed by atoms with van der Waals surface area (Å²) in [5, 5.41) is 7.57. The highest BCUT2D eigenvalue weighted by molar-refractivity contribution is 4.07. The Morgan fingerprint density at radius 2 is 1.33 bits per heavy atom. The van der Waals surface area contributed by atoms with Crippen LogP contribution in [0.5, 0.6) is 0 Å². The van der Waals surface area contributed by atoms with Crippen LogP contribution in [0.4, 0.5) is 0 Å². The Balaban J connectivity index is -0.0000000800. The molecule has 0 unspecified atom stereocenters. The number of hydrogen-bond donors (Lipinski definition) is 2. The van der Waals surface area contributed by atoms with Crippen molar-refractivity contribution in [2.75, 3.05) is 19.8 Å². The average molecular weight is 137 g/mol. The van der Waals surface area contributed by atoms with Crippen LogP contribution < -0.4 is 6.15 Å². The predicted octanol–water partition coefficient (Wildman–Crippen LogP) is 1.20. The van der Waals surface area contributed by atoms with Crippen molar-refractivity contribution in [2.45, 2.75) is 20.8 Å². The van der Waals surface area contributed by atoms with Crippen LogP contribution in [-0.2, 0) is 4.74 Å². The Kier molecular flexibility index (Phi) is 43.9. The molecule has 3 heteroatoms. The molecule has 60 valence electrons. The van der Waals surface area contributed by atoms with Gasteiger partial charge in [0.15, 0.2) is 0 Å². The summed E-state index contributed by atoms with van der Waals surface area (Å²) >= 11 is 0. The average Bonchev–Trinajstić information content (AvgIpc) is 1.71. The van der Waals surface area contributed by atoms with Crippen LogP contribution in [0.3, 0.4) is 0 Å². The van der Waals surface area contributed by atoms with Gasteiger partial charge >= 0.3 is 0 Å². The van der Waals surface area contributed by atoms with Crippen LogP contribution in [0.25, 0.3) is 0 Å². The van der Waals surface area contributed by atoms with Gasteiger partial charge in [-0.05, 0) is 20.8 Å². The van der Waals surface area contributed by atoms with Crippen molar-refractivity contribution in [1.29, 1.82) is 0 Å². The normalized spacial score (nSPS) is 6.67. The summed E-state index contributed by atoms with van der Waals surface area (Å²) in [6.07, 6.45) is 0. The van der Waals surface area contributed by atoms with Crippen molar-refractivity contribution in [2.24, 2.45) is 0 Å². The Hall–Kier alpha value is -0.120. The first-order chi connectivity index (χ1) is 3.83. The molecule has 0 heterocycles. The third-order valence-electron chi connectivity index (χ3n) is 0.408. The summed E-state index contributed by atoms with van der Waals surface area (Å²) < 4.78 is 4.83. The van der Waals surface area contributed by atoms with E-state index in [0.717, 1.165) is 13.2 Å². The van der Waals surface area contributed by atoms with Gasteiger partial charge in [0.25, 0.3) is 0 Å². The zero-order valence-corrected chi connectivity index (χ0v) is 6.68. The van der Waals surface area contributed by atoms with Crippen molar-refractivity contribution in [3.8, 4) is 0 Å². The van der Waals surface area contributed by atoms with Gasteiger partial charge in [-0.15, -0.1) is 0 Å². The Labute approximate surface area is 57.6 Å². The molecule has 0 rings (SSSR count). The predicted molar refractivity (Wildman–Crippen MR) is 39.9 cm³/mol. The van der Waals surface area contributed by atoms with E-state index < -0.39 is 0 Å². The lowest BCUT2D eigenvalue weighted by Crippen LogP contribution is -1.84. The molecule has 0 atom stereocenters. The second kappa shape index (κ2) is 24.8. The number of aliphatic hydroxyl groups excluding tert-OH is 1. The molecule has 0 aliphatic rings. The minimum Gasteiger partial charge on any atom is -0.397 e. The molecule has 0 radical (unpaired) electrons. The van der Waals surface area contributed by atoms with Gasteiger partial charge in [0.05, 0.1) is 0 Å². The molecular formula is C6H19NO2. The smallest absolute Gasteiger partial charge is 0.0437 e. The molecule has 9 heavy (non-hydrogen) atoms. The fraction of sp³-hybridized carbons (Fsp3) is 1.00. The largest absolute Gasteiger partial charge is 0.397 e. The summed E-state index contributed by atoms with van der Waals surface area (Å²) in [4.78, 5) is 0. The minimum absolute atomic E-state index is 0. The van der Waals surface area contributed by atoms with Gasteiger partial charge in [0, 0.05) is 19.8 Å². The SMILES string of the molecule is CCO.CCOCC.N. The number of aliphatic hydroxyl groups is 1. The molecule has 0 aliphatic heterocycles. The molecule has 0 saturated heterocycles. The zero-order valence-electron chi connectivity index (χ0n) is 6.68. The summed E-state index contributed by atoms with van der Waals surface area (Å²) in [5.41, 5.74) is 0. The molecule has 3 nitrogen and oxygen atoms in total. The summed E-state index contributed by atoms with van der Waals surface area (Å²) in [6, 6.07) is 0. The van der Waals surface area contributed by atoms with Gasteiger partial charge in [-0.1, -0.05) is 0 Å². The van der Waals surface area contributed by atoms with Crippen LogP contribution >= 0.6 is 0 Å². The Morgan fingerprint density at radius 1 is 1.11 bits per heavy atom. The van der Waals surface area contributed by atoms with E-state index in [-0.39, 0.29) is 12.8 Å². The van der Waals surface area contributed by atoms with E-state index >= 15 is 0 Å². The summed E-state index contributed by atoms with van der Waals surface area (Å²) in [7, 11) is 0. The van der Waals surface area contributed by atoms with Gasteiger partial charge in [0.1, 0.15) is 0 Å². The van der Waals surface area contributed by atoms with Gasteiger partial charge in [0.2, 0.25) is 0 Å². The number of ether oxygens (including phenoxy) is 1. The Morgan fingerprint density at radius 3 is 1.33 bits per heavy atom. The van der Waals surface area contributed by atoms with Crippen molar-refractivity contribution in [3.63, 3.8) is 0 Å². The van der Waals surface area contributed by atoms with Crippen LogP contribution in [0.2, 0.25) is 0 Å². The van der Waals surface area contributed by atoms with E-state index in [4.69, 9.17) is 9.84 Å².